The Kier molecular flexibility index (Phi) is 5.93. The zero-order valence-electron chi connectivity index (χ0n) is 17.6. The van der Waals surface area contributed by atoms with Crippen LogP contribution in [0.3, 0.4) is 0 Å². The average molecular weight is 478 g/mol. The molecule has 31 heavy (non-hydrogen) atoms. The van der Waals surface area contributed by atoms with Crippen LogP contribution in [0.5, 0.6) is 0 Å². The molecule has 2 aromatic rings. The first-order valence-electron chi connectivity index (χ1n) is 10.1. The van der Waals surface area contributed by atoms with Crippen molar-refractivity contribution in [1.82, 2.24) is 0 Å². The molecule has 1 heterocycles. The zero-order chi connectivity index (χ0) is 22.5. The van der Waals surface area contributed by atoms with Crippen LogP contribution in [0.4, 0.5) is 11.4 Å². The molecule has 0 bridgehead atoms. The van der Waals surface area contributed by atoms with Gasteiger partial charge in [0.1, 0.15) is 5.78 Å². The Morgan fingerprint density at radius 1 is 1.16 bits per heavy atom. The number of amides is 1. The van der Waals surface area contributed by atoms with Crippen molar-refractivity contribution >= 4 is 63.6 Å². The van der Waals surface area contributed by atoms with Crippen LogP contribution in [0.2, 0.25) is 10.0 Å². The number of halogens is 3. The molecule has 4 rings (SSSR count). The van der Waals surface area contributed by atoms with E-state index in [4.69, 9.17) is 39.8 Å². The van der Waals surface area contributed by atoms with Gasteiger partial charge in [0.25, 0.3) is 0 Å². The number of carbonyl (C=O) groups excluding carboxylic acids is 2. The summed E-state index contributed by atoms with van der Waals surface area (Å²) in [5, 5.41) is 0.912. The molecule has 2 unspecified atom stereocenters. The number of Topliss-reactive ketones (excluding diaryl/α,β-unsaturated/α-hetero) is 1. The third-order valence-corrected chi connectivity index (χ3v) is 6.82. The van der Waals surface area contributed by atoms with Gasteiger partial charge >= 0.3 is 0 Å². The smallest absolute Gasteiger partial charge is 0.224 e. The fourth-order valence-electron chi connectivity index (χ4n) is 4.72. The number of carbonyl (C=O) groups is 2. The van der Waals surface area contributed by atoms with Gasteiger partial charge in [-0.2, -0.15) is 0 Å². The third-order valence-electron chi connectivity index (χ3n) is 5.95. The fourth-order valence-corrected chi connectivity index (χ4v) is 5.41. The minimum atomic E-state index is -0.604. The minimum Gasteiger partial charge on any atom is -0.302 e. The average Bonchev–Trinajstić information content (AvgIpc) is 2.80. The fraction of sp³-hybridized carbons (Fsp3) is 0.375. The van der Waals surface area contributed by atoms with Crippen molar-refractivity contribution in [2.24, 2.45) is 16.3 Å². The highest BCUT2D eigenvalue weighted by Gasteiger charge is 2.47. The second-order valence-electron chi connectivity index (χ2n) is 9.02. The molecule has 2 atom stereocenters. The highest BCUT2D eigenvalue weighted by Crippen LogP contribution is 2.49. The molecule has 2 aromatic carbocycles. The van der Waals surface area contributed by atoms with Crippen LogP contribution < -0.4 is 4.90 Å². The molecule has 0 saturated heterocycles. The number of fused-ring (bicyclic) bond motifs is 2. The van der Waals surface area contributed by atoms with E-state index in [1.54, 1.807) is 23.1 Å². The lowest BCUT2D eigenvalue weighted by Crippen LogP contribution is -2.47. The van der Waals surface area contributed by atoms with Gasteiger partial charge in [0.15, 0.2) is 0 Å². The Balaban J connectivity index is 2.02. The maximum Gasteiger partial charge on any atom is 0.224 e. The van der Waals surface area contributed by atoms with Gasteiger partial charge in [-0.3, -0.25) is 14.6 Å². The summed E-state index contributed by atoms with van der Waals surface area (Å²) in [6.45, 7) is 5.63. The maximum atomic E-state index is 13.5. The molecule has 1 aliphatic heterocycles. The standard InChI is InChI=1S/C24H23Cl3N2O2/c1-13(30)29-20-7-4-14(12-25)8-18(20)28-19-10-24(2,3)11-21(31)22(19)23(29)16-6-5-15(26)9-17(16)27/h4-9,22-23H,10-12H2,1-3H3. The summed E-state index contributed by atoms with van der Waals surface area (Å²) in [7, 11) is 0. The Morgan fingerprint density at radius 3 is 2.55 bits per heavy atom. The lowest BCUT2D eigenvalue weighted by atomic mass is 9.68. The van der Waals surface area contributed by atoms with Gasteiger partial charge in [-0.1, -0.05) is 49.2 Å². The summed E-state index contributed by atoms with van der Waals surface area (Å²) >= 11 is 18.8. The third kappa shape index (κ3) is 4.13. The highest BCUT2D eigenvalue weighted by atomic mass is 35.5. The number of benzene rings is 2. The van der Waals surface area contributed by atoms with E-state index >= 15 is 0 Å². The predicted octanol–water partition coefficient (Wildman–Crippen LogP) is 6.92. The van der Waals surface area contributed by atoms with Crippen LogP contribution in [0.25, 0.3) is 0 Å². The van der Waals surface area contributed by atoms with E-state index in [0.29, 0.717) is 45.7 Å². The van der Waals surface area contributed by atoms with Crippen LogP contribution in [0.15, 0.2) is 41.4 Å². The number of nitrogens with zero attached hydrogens (tertiary/aromatic N) is 2. The molecule has 1 saturated carbocycles. The number of ketones is 1. The van der Waals surface area contributed by atoms with Gasteiger partial charge in [-0.05, 0) is 47.2 Å². The van der Waals surface area contributed by atoms with E-state index in [9.17, 15) is 9.59 Å². The Hall–Kier alpha value is -1.88. The molecule has 162 valence electrons. The topological polar surface area (TPSA) is 49.7 Å². The van der Waals surface area contributed by atoms with Crippen LogP contribution in [0, 0.1) is 11.3 Å². The second kappa shape index (κ2) is 8.23. The molecule has 7 heteroatoms. The van der Waals surface area contributed by atoms with Crippen LogP contribution >= 0.6 is 34.8 Å². The summed E-state index contributed by atoms with van der Waals surface area (Å²) in [4.78, 5) is 33.1. The molecule has 1 fully saturated rings. The summed E-state index contributed by atoms with van der Waals surface area (Å²) in [5.41, 5.74) is 3.43. The quantitative estimate of drug-likeness (QED) is 0.441. The van der Waals surface area contributed by atoms with E-state index in [1.165, 1.54) is 6.92 Å². The second-order valence-corrected chi connectivity index (χ2v) is 10.1. The highest BCUT2D eigenvalue weighted by molar-refractivity contribution is 6.35. The van der Waals surface area contributed by atoms with Crippen LogP contribution in [0.1, 0.15) is 50.8 Å². The Bertz CT molecular complexity index is 1110. The summed E-state index contributed by atoms with van der Waals surface area (Å²) in [6, 6.07) is 10.2. The SMILES string of the molecule is CC(=O)N1c2ccc(CCl)cc2N=C2CC(C)(C)CC(=O)C2C1c1ccc(Cl)cc1Cl. The minimum absolute atomic E-state index is 0.0580. The molecule has 1 amide bonds. The van der Waals surface area contributed by atoms with Crippen molar-refractivity contribution in [3.8, 4) is 0 Å². The molecule has 2 aliphatic rings. The molecular weight excluding hydrogens is 455 g/mol. The summed E-state index contributed by atoms with van der Waals surface area (Å²) in [6.07, 6.45) is 1.06. The van der Waals surface area contributed by atoms with Crippen molar-refractivity contribution in [1.29, 1.82) is 0 Å². The summed E-state index contributed by atoms with van der Waals surface area (Å²) < 4.78 is 0. The molecule has 0 spiro atoms. The summed E-state index contributed by atoms with van der Waals surface area (Å²) in [5.74, 6) is -0.381. The number of alkyl halides is 1. The van der Waals surface area contributed by atoms with Crippen molar-refractivity contribution < 1.29 is 9.59 Å². The molecule has 0 radical (unpaired) electrons. The van der Waals surface area contributed by atoms with Gasteiger partial charge in [0.2, 0.25) is 5.91 Å². The Morgan fingerprint density at radius 2 is 1.90 bits per heavy atom. The van der Waals surface area contributed by atoms with E-state index in [2.05, 4.69) is 13.8 Å². The predicted molar refractivity (Wildman–Crippen MR) is 127 cm³/mol. The van der Waals surface area contributed by atoms with E-state index in [-0.39, 0.29) is 17.1 Å². The lowest BCUT2D eigenvalue weighted by Gasteiger charge is -2.41. The monoisotopic (exact) mass is 476 g/mol. The lowest BCUT2D eigenvalue weighted by molar-refractivity contribution is -0.124. The van der Waals surface area contributed by atoms with E-state index in [1.807, 2.05) is 18.2 Å². The van der Waals surface area contributed by atoms with Crippen LogP contribution in [-0.4, -0.2) is 17.4 Å². The van der Waals surface area contributed by atoms with Crippen molar-refractivity contribution in [3.63, 3.8) is 0 Å². The Labute approximate surface area is 197 Å². The maximum absolute atomic E-state index is 13.5. The van der Waals surface area contributed by atoms with E-state index in [0.717, 1.165) is 11.3 Å². The molecular formula is C24H23Cl3N2O2. The first kappa shape index (κ1) is 22.3. The van der Waals surface area contributed by atoms with Crippen LogP contribution in [-0.2, 0) is 15.5 Å². The molecule has 0 aromatic heterocycles. The number of rotatable bonds is 2. The molecule has 0 N–H and O–H groups in total. The van der Waals surface area contributed by atoms with Gasteiger partial charge in [-0.25, -0.2) is 0 Å². The number of aliphatic imine (C=N–C) groups is 1. The van der Waals surface area contributed by atoms with Gasteiger partial charge in [0.05, 0.1) is 23.3 Å². The first-order valence-corrected chi connectivity index (χ1v) is 11.4. The normalized spacial score (nSPS) is 22.3. The number of anilines is 1. The number of hydrogen-bond acceptors (Lipinski definition) is 3. The van der Waals surface area contributed by atoms with Crippen molar-refractivity contribution in [2.45, 2.75) is 45.5 Å². The molecule has 4 nitrogen and oxygen atoms in total. The zero-order valence-corrected chi connectivity index (χ0v) is 19.9. The van der Waals surface area contributed by atoms with Crippen molar-refractivity contribution in [3.05, 3.63) is 57.6 Å². The molecule has 1 aliphatic carbocycles. The van der Waals surface area contributed by atoms with E-state index < -0.39 is 12.0 Å². The van der Waals surface area contributed by atoms with Gasteiger partial charge in [-0.15, -0.1) is 11.6 Å². The van der Waals surface area contributed by atoms with Crippen molar-refractivity contribution in [2.75, 3.05) is 4.90 Å². The van der Waals surface area contributed by atoms with Gasteiger partial charge < -0.3 is 4.90 Å². The largest absolute Gasteiger partial charge is 0.302 e. The first-order chi connectivity index (χ1) is 14.6. The number of hydrogen-bond donors (Lipinski definition) is 0. The van der Waals surface area contributed by atoms with Gasteiger partial charge in [0, 0.05) is 35.0 Å².